The average molecular weight is 339 g/mol. The maximum absolute atomic E-state index is 7.44. The molecule has 0 fully saturated rings. The van der Waals surface area contributed by atoms with Crippen LogP contribution < -0.4 is 0 Å². The summed E-state index contributed by atoms with van der Waals surface area (Å²) in [6, 6.07) is 9.31. The summed E-state index contributed by atoms with van der Waals surface area (Å²) in [4.78, 5) is 0. The number of hydrogen-bond acceptors (Lipinski definition) is 2. The highest BCUT2D eigenvalue weighted by Gasteiger charge is 2.28. The van der Waals surface area contributed by atoms with Crippen molar-refractivity contribution in [2.24, 2.45) is 0 Å². The van der Waals surface area contributed by atoms with Crippen LogP contribution in [-0.2, 0) is 17.4 Å². The lowest BCUT2D eigenvalue weighted by Gasteiger charge is -2.16. The highest BCUT2D eigenvalue weighted by molar-refractivity contribution is 6.76. The maximum Gasteiger partial charge on any atom is 0.265 e. The number of hydrogen-bond donors (Lipinski definition) is 1. The van der Waals surface area contributed by atoms with Crippen LogP contribution in [0.5, 0.6) is 0 Å². The first kappa shape index (κ1) is 16.8. The Kier molecular flexibility index (Phi) is 5.74. The fourth-order valence-electron chi connectivity index (χ4n) is 1.60. The molecule has 1 N–H and O–H groups in total. The molecule has 1 rings (SSSR count). The van der Waals surface area contributed by atoms with E-state index in [1.807, 2.05) is 12.1 Å². The molecule has 0 saturated heterocycles. The Hall–Kier alpha value is -0.223. The van der Waals surface area contributed by atoms with E-state index in [1.54, 1.807) is 0 Å². The number of benzene rings is 1. The molecule has 0 aliphatic heterocycles. The van der Waals surface area contributed by atoms with Gasteiger partial charge in [-0.3, -0.25) is 5.41 Å². The summed E-state index contributed by atoms with van der Waals surface area (Å²) in [6.45, 7) is 7.25. The SMILES string of the molecule is C[Si](C)(C)Cc1ccc(COC(=N)C(Cl)(Cl)Cl)cc1. The van der Waals surface area contributed by atoms with Gasteiger partial charge in [0.1, 0.15) is 6.61 Å². The molecule has 1 aromatic rings. The molecule has 6 heteroatoms. The molecule has 0 amide bonds. The van der Waals surface area contributed by atoms with E-state index in [-0.39, 0.29) is 12.5 Å². The smallest absolute Gasteiger partial charge is 0.265 e. The number of rotatable bonds is 4. The fourth-order valence-corrected chi connectivity index (χ4v) is 3.23. The van der Waals surface area contributed by atoms with Crippen LogP contribution >= 0.6 is 34.8 Å². The van der Waals surface area contributed by atoms with Gasteiger partial charge in [-0.25, -0.2) is 0 Å². The van der Waals surface area contributed by atoms with Gasteiger partial charge in [-0.05, 0) is 11.6 Å². The van der Waals surface area contributed by atoms with Gasteiger partial charge in [-0.15, -0.1) is 0 Å². The molecular formula is C13H18Cl3NOSi. The predicted octanol–water partition coefficient (Wildman–Crippen LogP) is 4.97. The topological polar surface area (TPSA) is 33.1 Å². The summed E-state index contributed by atoms with van der Waals surface area (Å²) < 4.78 is 3.34. The number of halogens is 3. The first-order chi connectivity index (χ1) is 8.58. The van der Waals surface area contributed by atoms with Crippen LogP contribution in [0, 0.1) is 5.41 Å². The highest BCUT2D eigenvalue weighted by atomic mass is 35.6. The van der Waals surface area contributed by atoms with Crippen LogP contribution in [0.15, 0.2) is 24.3 Å². The van der Waals surface area contributed by atoms with Crippen molar-refractivity contribution in [3.8, 4) is 0 Å². The van der Waals surface area contributed by atoms with Crippen LogP contribution in [-0.4, -0.2) is 17.8 Å². The van der Waals surface area contributed by atoms with Crippen molar-refractivity contribution >= 4 is 48.8 Å². The average Bonchev–Trinajstić information content (AvgIpc) is 2.24. The van der Waals surface area contributed by atoms with Crippen molar-refractivity contribution in [3.63, 3.8) is 0 Å². The molecule has 106 valence electrons. The second-order valence-electron chi connectivity index (χ2n) is 5.67. The van der Waals surface area contributed by atoms with E-state index in [9.17, 15) is 0 Å². The number of ether oxygens (including phenoxy) is 1. The third-order valence-electron chi connectivity index (χ3n) is 2.40. The van der Waals surface area contributed by atoms with Crippen LogP contribution in [0.3, 0.4) is 0 Å². The molecular weight excluding hydrogens is 321 g/mol. The zero-order valence-corrected chi connectivity index (χ0v) is 14.5. The van der Waals surface area contributed by atoms with Gasteiger partial charge in [0.2, 0.25) is 5.90 Å². The van der Waals surface area contributed by atoms with Gasteiger partial charge in [0.15, 0.2) is 0 Å². The lowest BCUT2D eigenvalue weighted by molar-refractivity contribution is 0.284. The Morgan fingerprint density at radius 1 is 1.11 bits per heavy atom. The van der Waals surface area contributed by atoms with E-state index in [4.69, 9.17) is 44.9 Å². The summed E-state index contributed by atoms with van der Waals surface area (Å²) in [5.74, 6) is -0.358. The standard InChI is InChI=1S/C13H18Cl3NOSi/c1-19(2,3)9-11-6-4-10(5-7-11)8-18-12(17)13(14,15)16/h4-7,17H,8-9H2,1-3H3. The molecule has 0 bridgehead atoms. The fraction of sp³-hybridized carbons (Fsp3) is 0.462. The van der Waals surface area contributed by atoms with E-state index in [2.05, 4.69) is 31.8 Å². The Balaban J connectivity index is 2.56. The van der Waals surface area contributed by atoms with Gasteiger partial charge < -0.3 is 4.74 Å². The van der Waals surface area contributed by atoms with Crippen molar-refractivity contribution in [2.45, 2.75) is 36.1 Å². The first-order valence-corrected chi connectivity index (χ1v) is 10.8. The molecule has 19 heavy (non-hydrogen) atoms. The van der Waals surface area contributed by atoms with Crippen LogP contribution in [0.2, 0.25) is 19.6 Å². The maximum atomic E-state index is 7.44. The van der Waals surface area contributed by atoms with E-state index < -0.39 is 11.9 Å². The zero-order chi connectivity index (χ0) is 14.7. The molecule has 0 saturated carbocycles. The van der Waals surface area contributed by atoms with Gasteiger partial charge in [0.25, 0.3) is 3.79 Å². The van der Waals surface area contributed by atoms with Gasteiger partial charge in [-0.1, -0.05) is 84.3 Å². The van der Waals surface area contributed by atoms with Crippen LogP contribution in [0.25, 0.3) is 0 Å². The normalized spacial score (nSPS) is 12.3. The molecule has 0 unspecified atom stereocenters. The lowest BCUT2D eigenvalue weighted by atomic mass is 10.2. The zero-order valence-electron chi connectivity index (χ0n) is 11.3. The number of nitrogens with one attached hydrogen (secondary N) is 1. The minimum Gasteiger partial charge on any atom is -0.473 e. The third-order valence-corrected chi connectivity index (χ3v) is 4.38. The van der Waals surface area contributed by atoms with Crippen molar-refractivity contribution in [1.82, 2.24) is 0 Å². The van der Waals surface area contributed by atoms with E-state index in [0.29, 0.717) is 0 Å². The van der Waals surface area contributed by atoms with Gasteiger partial charge >= 0.3 is 0 Å². The molecule has 0 spiro atoms. The summed E-state index contributed by atoms with van der Waals surface area (Å²) in [6.07, 6.45) is 0. The molecule has 0 aromatic heterocycles. The largest absolute Gasteiger partial charge is 0.473 e. The van der Waals surface area contributed by atoms with E-state index >= 15 is 0 Å². The van der Waals surface area contributed by atoms with E-state index in [1.165, 1.54) is 5.56 Å². The van der Waals surface area contributed by atoms with Crippen LogP contribution in [0.1, 0.15) is 11.1 Å². The Labute approximate surface area is 130 Å². The summed E-state index contributed by atoms with van der Waals surface area (Å²) in [5.41, 5.74) is 2.29. The molecule has 0 aliphatic rings. The Morgan fingerprint density at radius 3 is 2.00 bits per heavy atom. The minimum atomic E-state index is -1.79. The van der Waals surface area contributed by atoms with Gasteiger partial charge in [-0.2, -0.15) is 0 Å². The third kappa shape index (κ3) is 6.66. The quantitative estimate of drug-likeness (QED) is 0.357. The van der Waals surface area contributed by atoms with Crippen molar-refractivity contribution in [3.05, 3.63) is 35.4 Å². The number of alkyl halides is 3. The molecule has 0 heterocycles. The second kappa shape index (κ2) is 6.49. The molecule has 2 nitrogen and oxygen atoms in total. The first-order valence-electron chi connectivity index (χ1n) is 5.94. The predicted molar refractivity (Wildman–Crippen MR) is 86.3 cm³/mol. The molecule has 0 aliphatic carbocycles. The molecule has 0 atom stereocenters. The summed E-state index contributed by atoms with van der Waals surface area (Å²) in [7, 11) is -1.09. The second-order valence-corrected chi connectivity index (χ2v) is 13.4. The molecule has 0 radical (unpaired) electrons. The van der Waals surface area contributed by atoms with Gasteiger partial charge in [0, 0.05) is 8.07 Å². The van der Waals surface area contributed by atoms with Crippen molar-refractivity contribution in [1.29, 1.82) is 5.41 Å². The van der Waals surface area contributed by atoms with Gasteiger partial charge in [0.05, 0.1) is 0 Å². The molecule has 1 aromatic carbocycles. The van der Waals surface area contributed by atoms with Crippen molar-refractivity contribution < 1.29 is 4.74 Å². The highest BCUT2D eigenvalue weighted by Crippen LogP contribution is 2.28. The van der Waals surface area contributed by atoms with Crippen LogP contribution in [0.4, 0.5) is 0 Å². The lowest BCUT2D eigenvalue weighted by Crippen LogP contribution is -2.23. The van der Waals surface area contributed by atoms with Crippen molar-refractivity contribution in [2.75, 3.05) is 0 Å². The summed E-state index contributed by atoms with van der Waals surface area (Å²) in [5, 5.41) is 7.44. The monoisotopic (exact) mass is 337 g/mol. The minimum absolute atomic E-state index is 0.236. The Bertz CT molecular complexity index is 435. The Morgan fingerprint density at radius 2 is 1.58 bits per heavy atom. The summed E-state index contributed by atoms with van der Waals surface area (Å²) >= 11 is 16.6. The van der Waals surface area contributed by atoms with E-state index in [0.717, 1.165) is 11.6 Å².